The van der Waals surface area contributed by atoms with Crippen molar-refractivity contribution in [3.8, 4) is 11.5 Å². The number of urea groups is 1. The van der Waals surface area contributed by atoms with Crippen molar-refractivity contribution in [1.29, 1.82) is 0 Å². The van der Waals surface area contributed by atoms with Crippen LogP contribution in [0.3, 0.4) is 0 Å². The van der Waals surface area contributed by atoms with Gasteiger partial charge in [-0.2, -0.15) is 0 Å². The van der Waals surface area contributed by atoms with Gasteiger partial charge in [-0.05, 0) is 12.1 Å². The summed E-state index contributed by atoms with van der Waals surface area (Å²) in [6.07, 6.45) is 0.818. The number of hydrogen-bond donors (Lipinski definition) is 3. The van der Waals surface area contributed by atoms with E-state index in [0.29, 0.717) is 30.4 Å². The number of nitrogens with zero attached hydrogens (tertiary/aromatic N) is 1. The maximum absolute atomic E-state index is 12.0. The van der Waals surface area contributed by atoms with E-state index in [4.69, 9.17) is 9.47 Å². The Bertz CT molecular complexity index is 602. The minimum Gasteiger partial charge on any atom is -0.490 e. The van der Waals surface area contributed by atoms with E-state index >= 15 is 0 Å². The number of rotatable bonds is 3. The summed E-state index contributed by atoms with van der Waals surface area (Å²) in [6.45, 7) is 4.73. The van der Waals surface area contributed by atoms with Gasteiger partial charge in [0, 0.05) is 44.4 Å². The normalized spacial score (nSPS) is 17.7. The predicted molar refractivity (Wildman–Crippen MR) is 88.5 cm³/mol. The van der Waals surface area contributed by atoms with Crippen molar-refractivity contribution >= 4 is 17.6 Å². The van der Waals surface area contributed by atoms with Crippen LogP contribution in [-0.2, 0) is 4.79 Å². The molecule has 2 heterocycles. The van der Waals surface area contributed by atoms with Crippen molar-refractivity contribution in [3.63, 3.8) is 0 Å². The third-order valence-electron chi connectivity index (χ3n) is 3.84. The van der Waals surface area contributed by atoms with E-state index in [1.807, 2.05) is 4.90 Å². The monoisotopic (exact) mass is 334 g/mol. The molecule has 0 aliphatic carbocycles. The number of hydrogen-bond acceptors (Lipinski definition) is 6. The van der Waals surface area contributed by atoms with Gasteiger partial charge < -0.3 is 20.1 Å². The summed E-state index contributed by atoms with van der Waals surface area (Å²) in [6, 6.07) is 4.61. The molecule has 130 valence electrons. The lowest BCUT2D eigenvalue weighted by Gasteiger charge is -2.26. The molecule has 0 spiro atoms. The van der Waals surface area contributed by atoms with Crippen LogP contribution in [0.25, 0.3) is 0 Å². The van der Waals surface area contributed by atoms with E-state index in [-0.39, 0.29) is 12.5 Å². The second kappa shape index (κ2) is 7.98. The molecule has 24 heavy (non-hydrogen) atoms. The third kappa shape index (κ3) is 4.59. The average molecular weight is 334 g/mol. The fraction of sp³-hybridized carbons (Fsp3) is 0.500. The lowest BCUT2D eigenvalue weighted by molar-refractivity contribution is -0.121. The first-order valence-electron chi connectivity index (χ1n) is 8.14. The summed E-state index contributed by atoms with van der Waals surface area (Å²) >= 11 is 0. The smallest absolute Gasteiger partial charge is 0.325 e. The summed E-state index contributed by atoms with van der Waals surface area (Å²) in [7, 11) is 0. The first kappa shape index (κ1) is 16.5. The Kier molecular flexibility index (Phi) is 5.50. The van der Waals surface area contributed by atoms with Gasteiger partial charge in [0.2, 0.25) is 5.91 Å². The summed E-state index contributed by atoms with van der Waals surface area (Å²) in [4.78, 5) is 25.9. The zero-order valence-corrected chi connectivity index (χ0v) is 13.5. The Balaban J connectivity index is 1.51. The SMILES string of the molecule is O=C(CN1CCNCC1)NC(=O)Nc1ccc2c(c1)OCCCO2. The number of anilines is 1. The van der Waals surface area contributed by atoms with Crippen LogP contribution in [0.15, 0.2) is 18.2 Å². The number of benzene rings is 1. The highest BCUT2D eigenvalue weighted by Gasteiger charge is 2.16. The van der Waals surface area contributed by atoms with E-state index in [0.717, 1.165) is 32.6 Å². The van der Waals surface area contributed by atoms with E-state index in [1.165, 1.54) is 0 Å². The van der Waals surface area contributed by atoms with Crippen LogP contribution in [0.2, 0.25) is 0 Å². The van der Waals surface area contributed by atoms with Gasteiger partial charge in [0.15, 0.2) is 11.5 Å². The Hall–Kier alpha value is -2.32. The zero-order valence-electron chi connectivity index (χ0n) is 13.5. The molecule has 1 fully saturated rings. The number of nitrogens with one attached hydrogen (secondary N) is 3. The van der Waals surface area contributed by atoms with Gasteiger partial charge in [-0.1, -0.05) is 0 Å². The standard InChI is InChI=1S/C16H22N4O4/c21-15(11-20-6-4-17-5-7-20)19-16(22)18-12-2-3-13-14(10-12)24-9-1-8-23-13/h2-3,10,17H,1,4-9,11H2,(H2,18,19,21,22). The molecule has 0 bridgehead atoms. The Morgan fingerprint density at radius 1 is 1.12 bits per heavy atom. The minimum atomic E-state index is -0.551. The van der Waals surface area contributed by atoms with Gasteiger partial charge in [-0.15, -0.1) is 0 Å². The van der Waals surface area contributed by atoms with Crippen molar-refractivity contribution in [2.45, 2.75) is 6.42 Å². The van der Waals surface area contributed by atoms with Crippen molar-refractivity contribution in [2.75, 3.05) is 51.3 Å². The van der Waals surface area contributed by atoms with Crippen molar-refractivity contribution in [2.24, 2.45) is 0 Å². The number of imide groups is 1. The molecule has 3 rings (SSSR count). The van der Waals surface area contributed by atoms with Gasteiger partial charge in [0.25, 0.3) is 0 Å². The van der Waals surface area contributed by atoms with Crippen LogP contribution in [0.5, 0.6) is 11.5 Å². The van der Waals surface area contributed by atoms with Gasteiger partial charge in [0.05, 0.1) is 19.8 Å². The van der Waals surface area contributed by atoms with Crippen molar-refractivity contribution in [1.82, 2.24) is 15.5 Å². The number of amides is 3. The first-order chi connectivity index (χ1) is 11.7. The minimum absolute atomic E-state index is 0.218. The molecule has 8 nitrogen and oxygen atoms in total. The Morgan fingerprint density at radius 3 is 2.67 bits per heavy atom. The van der Waals surface area contributed by atoms with Gasteiger partial charge in [0.1, 0.15) is 0 Å². The molecule has 1 aromatic rings. The maximum Gasteiger partial charge on any atom is 0.325 e. The fourth-order valence-electron chi connectivity index (χ4n) is 2.64. The molecule has 0 radical (unpaired) electrons. The maximum atomic E-state index is 12.0. The fourth-order valence-corrected chi connectivity index (χ4v) is 2.64. The molecule has 2 aliphatic heterocycles. The molecule has 0 saturated carbocycles. The van der Waals surface area contributed by atoms with E-state index in [9.17, 15) is 9.59 Å². The van der Waals surface area contributed by atoms with Crippen LogP contribution < -0.4 is 25.4 Å². The zero-order chi connectivity index (χ0) is 16.8. The lowest BCUT2D eigenvalue weighted by atomic mass is 10.3. The molecule has 3 N–H and O–H groups in total. The topological polar surface area (TPSA) is 91.9 Å². The van der Waals surface area contributed by atoms with E-state index < -0.39 is 6.03 Å². The van der Waals surface area contributed by atoms with Crippen LogP contribution in [0.4, 0.5) is 10.5 Å². The quantitative estimate of drug-likeness (QED) is 0.741. The second-order valence-electron chi connectivity index (χ2n) is 5.74. The Labute approximate surface area is 140 Å². The number of piperazine rings is 1. The van der Waals surface area contributed by atoms with E-state index in [1.54, 1.807) is 18.2 Å². The lowest BCUT2D eigenvalue weighted by Crippen LogP contribution is -2.48. The molecule has 1 saturated heterocycles. The van der Waals surface area contributed by atoms with Gasteiger partial charge in [-0.3, -0.25) is 15.0 Å². The Morgan fingerprint density at radius 2 is 1.88 bits per heavy atom. The molecule has 2 aliphatic rings. The summed E-state index contributed by atoms with van der Waals surface area (Å²) < 4.78 is 11.1. The van der Waals surface area contributed by atoms with Crippen LogP contribution in [-0.4, -0.2) is 62.8 Å². The van der Waals surface area contributed by atoms with E-state index in [2.05, 4.69) is 16.0 Å². The highest BCUT2D eigenvalue weighted by molar-refractivity contribution is 6.01. The number of carbonyl (C=O) groups excluding carboxylic acids is 2. The second-order valence-corrected chi connectivity index (χ2v) is 5.74. The van der Waals surface area contributed by atoms with Gasteiger partial charge >= 0.3 is 6.03 Å². The molecular weight excluding hydrogens is 312 g/mol. The van der Waals surface area contributed by atoms with Crippen molar-refractivity contribution in [3.05, 3.63) is 18.2 Å². The van der Waals surface area contributed by atoms with Gasteiger partial charge in [-0.25, -0.2) is 4.79 Å². The molecule has 0 atom stereocenters. The first-order valence-corrected chi connectivity index (χ1v) is 8.14. The number of carbonyl (C=O) groups is 2. The highest BCUT2D eigenvalue weighted by Crippen LogP contribution is 2.32. The summed E-state index contributed by atoms with van der Waals surface area (Å²) in [5.41, 5.74) is 0.548. The van der Waals surface area contributed by atoms with Crippen LogP contribution in [0, 0.1) is 0 Å². The van der Waals surface area contributed by atoms with Crippen molar-refractivity contribution < 1.29 is 19.1 Å². The molecule has 0 unspecified atom stereocenters. The molecular formula is C16H22N4O4. The molecule has 1 aromatic carbocycles. The average Bonchev–Trinajstić information content (AvgIpc) is 2.80. The molecule has 8 heteroatoms. The third-order valence-corrected chi connectivity index (χ3v) is 3.84. The predicted octanol–water partition coefficient (Wildman–Crippen LogP) is 0.401. The number of ether oxygens (including phenoxy) is 2. The molecule has 3 amide bonds. The molecule has 0 aromatic heterocycles. The summed E-state index contributed by atoms with van der Waals surface area (Å²) in [5, 5.41) is 8.20. The summed E-state index contributed by atoms with van der Waals surface area (Å²) in [5.74, 6) is 0.939. The highest BCUT2D eigenvalue weighted by atomic mass is 16.5. The van der Waals surface area contributed by atoms with Crippen LogP contribution in [0.1, 0.15) is 6.42 Å². The van der Waals surface area contributed by atoms with Crippen LogP contribution >= 0.6 is 0 Å². The number of fused-ring (bicyclic) bond motifs is 1. The largest absolute Gasteiger partial charge is 0.490 e.